The van der Waals surface area contributed by atoms with Crippen LogP contribution < -0.4 is 5.32 Å². The molecule has 1 saturated heterocycles. The number of benzene rings is 1. The zero-order valence-electron chi connectivity index (χ0n) is 17.6. The van der Waals surface area contributed by atoms with Gasteiger partial charge in [-0.25, -0.2) is 4.68 Å². The Labute approximate surface area is 172 Å². The summed E-state index contributed by atoms with van der Waals surface area (Å²) in [6.45, 7) is 9.49. The number of morpholine rings is 1. The number of nitrogens with one attached hydrogen (secondary N) is 1. The molecule has 1 saturated carbocycles. The quantitative estimate of drug-likeness (QED) is 0.840. The molecular formula is C22H31N5O2. The Kier molecular flexibility index (Phi) is 5.69. The summed E-state index contributed by atoms with van der Waals surface area (Å²) in [6, 6.07) is 8.09. The fourth-order valence-electron chi connectivity index (χ4n) is 4.89. The highest BCUT2D eigenvalue weighted by Crippen LogP contribution is 2.38. The number of amides is 1. The van der Waals surface area contributed by atoms with Gasteiger partial charge in [0.05, 0.1) is 24.6 Å². The topological polar surface area (TPSA) is 72.3 Å². The highest BCUT2D eigenvalue weighted by molar-refractivity contribution is 5.93. The Morgan fingerprint density at radius 3 is 2.45 bits per heavy atom. The number of rotatable bonds is 5. The molecule has 1 aliphatic carbocycles. The summed E-state index contributed by atoms with van der Waals surface area (Å²) in [5.41, 5.74) is 3.26. The number of hydrogen-bond acceptors (Lipinski definition) is 5. The van der Waals surface area contributed by atoms with Gasteiger partial charge in [-0.2, -0.15) is 0 Å². The van der Waals surface area contributed by atoms with Gasteiger partial charge >= 0.3 is 0 Å². The molecule has 1 N–H and O–H groups in total. The predicted molar refractivity (Wildman–Crippen MR) is 111 cm³/mol. The van der Waals surface area contributed by atoms with Gasteiger partial charge in [0.25, 0.3) is 5.91 Å². The largest absolute Gasteiger partial charge is 0.379 e. The smallest absolute Gasteiger partial charge is 0.274 e. The van der Waals surface area contributed by atoms with Gasteiger partial charge in [-0.1, -0.05) is 35.8 Å². The van der Waals surface area contributed by atoms with Crippen LogP contribution in [-0.4, -0.2) is 63.7 Å². The summed E-state index contributed by atoms with van der Waals surface area (Å²) in [5.74, 6) is -0.145. The van der Waals surface area contributed by atoms with Crippen molar-refractivity contribution in [1.29, 1.82) is 0 Å². The van der Waals surface area contributed by atoms with Crippen molar-refractivity contribution in [3.63, 3.8) is 0 Å². The molecule has 2 aromatic rings. The van der Waals surface area contributed by atoms with Crippen LogP contribution in [0.3, 0.4) is 0 Å². The molecule has 0 spiro atoms. The molecule has 156 valence electrons. The second-order valence-corrected chi connectivity index (χ2v) is 8.38. The first-order valence-corrected chi connectivity index (χ1v) is 10.6. The average Bonchev–Trinajstić information content (AvgIpc) is 3.37. The maximum absolute atomic E-state index is 13.1. The zero-order chi connectivity index (χ0) is 20.4. The van der Waals surface area contributed by atoms with Crippen LogP contribution in [0.1, 0.15) is 54.4 Å². The molecule has 7 heteroatoms. The summed E-state index contributed by atoms with van der Waals surface area (Å²) in [5, 5.41) is 11.7. The van der Waals surface area contributed by atoms with E-state index < -0.39 is 0 Å². The van der Waals surface area contributed by atoms with Gasteiger partial charge in [0.15, 0.2) is 5.69 Å². The lowest BCUT2D eigenvalue weighted by molar-refractivity contribution is -0.0323. The van der Waals surface area contributed by atoms with E-state index in [1.54, 1.807) is 4.68 Å². The predicted octanol–water partition coefficient (Wildman–Crippen LogP) is 2.65. The minimum atomic E-state index is -0.145. The average molecular weight is 398 g/mol. The van der Waals surface area contributed by atoms with Gasteiger partial charge in [-0.15, -0.1) is 5.10 Å². The highest BCUT2D eigenvalue weighted by Gasteiger charge is 2.45. The summed E-state index contributed by atoms with van der Waals surface area (Å²) in [6.07, 6.45) is 4.65. The molecule has 2 heterocycles. The Balaban J connectivity index is 1.52. The van der Waals surface area contributed by atoms with Crippen LogP contribution in [0.2, 0.25) is 0 Å². The van der Waals surface area contributed by atoms with Crippen molar-refractivity contribution in [3.8, 4) is 5.69 Å². The lowest BCUT2D eigenvalue weighted by Gasteiger charge is -2.47. The minimum Gasteiger partial charge on any atom is -0.379 e. The molecule has 1 amide bonds. The van der Waals surface area contributed by atoms with Crippen molar-refractivity contribution in [1.82, 2.24) is 25.2 Å². The Hall–Kier alpha value is -2.25. The van der Waals surface area contributed by atoms with E-state index in [4.69, 9.17) is 4.74 Å². The molecular weight excluding hydrogens is 366 g/mol. The fourth-order valence-corrected chi connectivity index (χ4v) is 4.89. The number of nitrogens with zero attached hydrogens (tertiary/aromatic N) is 4. The second-order valence-electron chi connectivity index (χ2n) is 8.38. The van der Waals surface area contributed by atoms with E-state index in [2.05, 4.69) is 27.5 Å². The molecule has 7 nitrogen and oxygen atoms in total. The van der Waals surface area contributed by atoms with E-state index in [0.29, 0.717) is 5.69 Å². The molecule has 4 rings (SSSR count). The Morgan fingerprint density at radius 1 is 1.14 bits per heavy atom. The van der Waals surface area contributed by atoms with Crippen LogP contribution in [0.15, 0.2) is 24.3 Å². The van der Waals surface area contributed by atoms with E-state index in [-0.39, 0.29) is 17.5 Å². The SMILES string of the molecule is Cc1ccc(-n2nnc(C(=O)NC(C)C3(N4CCOCC4)CCCC3)c2C)cc1. The van der Waals surface area contributed by atoms with Gasteiger partial charge in [0.1, 0.15) is 0 Å². The second kappa shape index (κ2) is 8.24. The molecule has 0 bridgehead atoms. The molecule has 1 aromatic heterocycles. The lowest BCUT2D eigenvalue weighted by Crippen LogP contribution is -2.62. The maximum Gasteiger partial charge on any atom is 0.274 e. The van der Waals surface area contributed by atoms with Gasteiger partial charge in [-0.3, -0.25) is 9.69 Å². The molecule has 1 unspecified atom stereocenters. The van der Waals surface area contributed by atoms with Crippen molar-refractivity contribution in [2.75, 3.05) is 26.3 Å². The van der Waals surface area contributed by atoms with Crippen LogP contribution in [-0.2, 0) is 4.74 Å². The number of carbonyl (C=O) groups is 1. The van der Waals surface area contributed by atoms with Crippen LogP contribution in [0, 0.1) is 13.8 Å². The van der Waals surface area contributed by atoms with Crippen molar-refractivity contribution < 1.29 is 9.53 Å². The number of aryl methyl sites for hydroxylation is 1. The first-order valence-electron chi connectivity index (χ1n) is 10.6. The maximum atomic E-state index is 13.1. The van der Waals surface area contributed by atoms with Crippen LogP contribution in [0.5, 0.6) is 0 Å². The first-order chi connectivity index (χ1) is 14.0. The van der Waals surface area contributed by atoms with Crippen LogP contribution in [0.25, 0.3) is 5.69 Å². The standard InChI is InChI=1S/C22H31N5O2/c1-16-6-8-19(9-7-16)27-17(2)20(24-25-27)21(28)23-18(3)22(10-4-5-11-22)26-12-14-29-15-13-26/h6-9,18H,4-5,10-15H2,1-3H3,(H,23,28). The van der Waals surface area contributed by atoms with E-state index in [0.717, 1.165) is 50.5 Å². The third kappa shape index (κ3) is 3.81. The van der Waals surface area contributed by atoms with Crippen LogP contribution >= 0.6 is 0 Å². The normalized spacial score (nSPS) is 20.5. The molecule has 29 heavy (non-hydrogen) atoms. The molecule has 0 radical (unpaired) electrons. The van der Waals surface area contributed by atoms with Crippen molar-refractivity contribution in [2.45, 2.75) is 58.0 Å². The van der Waals surface area contributed by atoms with Gasteiger partial charge in [0, 0.05) is 24.7 Å². The third-order valence-corrected chi connectivity index (χ3v) is 6.65. The van der Waals surface area contributed by atoms with Gasteiger partial charge < -0.3 is 10.1 Å². The minimum absolute atomic E-state index is 0.0142. The van der Waals surface area contributed by atoms with E-state index >= 15 is 0 Å². The van der Waals surface area contributed by atoms with Crippen molar-refractivity contribution >= 4 is 5.91 Å². The number of hydrogen-bond donors (Lipinski definition) is 1. The Bertz CT molecular complexity index is 849. The van der Waals surface area contributed by atoms with Gasteiger partial charge in [-0.05, 0) is 45.7 Å². The summed E-state index contributed by atoms with van der Waals surface area (Å²) >= 11 is 0. The Morgan fingerprint density at radius 2 is 1.79 bits per heavy atom. The van der Waals surface area contributed by atoms with Crippen molar-refractivity contribution in [2.24, 2.45) is 0 Å². The number of aromatic nitrogens is 3. The van der Waals surface area contributed by atoms with E-state index in [9.17, 15) is 4.79 Å². The summed E-state index contributed by atoms with van der Waals surface area (Å²) < 4.78 is 7.28. The summed E-state index contributed by atoms with van der Waals surface area (Å²) in [4.78, 5) is 15.6. The van der Waals surface area contributed by atoms with E-state index in [1.807, 2.05) is 38.1 Å². The fraction of sp³-hybridized carbons (Fsp3) is 0.591. The summed E-state index contributed by atoms with van der Waals surface area (Å²) in [7, 11) is 0. The third-order valence-electron chi connectivity index (χ3n) is 6.65. The highest BCUT2D eigenvalue weighted by atomic mass is 16.5. The number of carbonyl (C=O) groups excluding carboxylic acids is 1. The van der Waals surface area contributed by atoms with E-state index in [1.165, 1.54) is 18.4 Å². The molecule has 2 fully saturated rings. The monoisotopic (exact) mass is 397 g/mol. The van der Waals surface area contributed by atoms with Crippen LogP contribution in [0.4, 0.5) is 0 Å². The molecule has 1 atom stereocenters. The number of ether oxygens (including phenoxy) is 1. The lowest BCUT2D eigenvalue weighted by atomic mass is 9.86. The first kappa shape index (κ1) is 20.0. The molecule has 1 aliphatic heterocycles. The molecule has 1 aromatic carbocycles. The zero-order valence-corrected chi connectivity index (χ0v) is 17.6. The van der Waals surface area contributed by atoms with Gasteiger partial charge in [0.2, 0.25) is 0 Å². The van der Waals surface area contributed by atoms with Crippen molar-refractivity contribution in [3.05, 3.63) is 41.2 Å². The molecule has 2 aliphatic rings.